The van der Waals surface area contributed by atoms with Gasteiger partial charge in [0.15, 0.2) is 5.78 Å². The smallest absolute Gasteiger partial charge is 0.162 e. The standard InChI is InChI=1S/C17H11N2S.C13H24O2.Ir/c1-11-10-14-16(12-6-8-18-9-7-12)19-15-5-3-2-4-13(15)17(14)20-11;1-5-10(6-2)12(14)9-13(15)11(7-3)8-4;/h2-6,8-10H,1H3;9-11,14H,5-8H2,1-4H3;/q-1;;/b;12-9-;. The van der Waals surface area contributed by atoms with Crippen LogP contribution in [0.1, 0.15) is 58.3 Å². The minimum atomic E-state index is 0. The van der Waals surface area contributed by atoms with Crippen molar-refractivity contribution in [3.63, 3.8) is 0 Å². The molecular weight excluding hydrogens is 645 g/mol. The maximum absolute atomic E-state index is 11.7. The zero-order valence-corrected chi connectivity index (χ0v) is 24.9. The zero-order valence-electron chi connectivity index (χ0n) is 21.7. The van der Waals surface area contributed by atoms with E-state index in [4.69, 9.17) is 4.98 Å². The van der Waals surface area contributed by atoms with Crippen molar-refractivity contribution in [1.82, 2.24) is 9.97 Å². The Morgan fingerprint density at radius 2 is 1.69 bits per heavy atom. The van der Waals surface area contributed by atoms with E-state index in [1.54, 1.807) is 12.4 Å². The van der Waals surface area contributed by atoms with Crippen molar-refractivity contribution in [1.29, 1.82) is 0 Å². The molecule has 0 saturated heterocycles. The molecule has 4 aromatic rings. The number of thiophene rings is 1. The summed E-state index contributed by atoms with van der Waals surface area (Å²) in [6, 6.07) is 15.7. The quantitative estimate of drug-likeness (QED) is 0.115. The molecule has 1 radical (unpaired) electrons. The van der Waals surface area contributed by atoms with Gasteiger partial charge in [0.1, 0.15) is 0 Å². The zero-order chi connectivity index (χ0) is 25.4. The summed E-state index contributed by atoms with van der Waals surface area (Å²) in [5, 5.41) is 12.2. The number of fused-ring (bicyclic) bond motifs is 3. The van der Waals surface area contributed by atoms with Crippen molar-refractivity contribution in [2.24, 2.45) is 11.8 Å². The van der Waals surface area contributed by atoms with Gasteiger partial charge in [-0.3, -0.25) is 9.78 Å². The molecule has 4 rings (SSSR count). The fraction of sp³-hybridized carbons (Fsp3) is 0.367. The van der Waals surface area contributed by atoms with Gasteiger partial charge in [-0.1, -0.05) is 52.0 Å². The molecule has 0 bridgehead atoms. The van der Waals surface area contributed by atoms with Gasteiger partial charge in [-0.05, 0) is 62.1 Å². The number of hydrogen-bond acceptors (Lipinski definition) is 5. The fourth-order valence-corrected chi connectivity index (χ4v) is 5.33. The van der Waals surface area contributed by atoms with Crippen LogP contribution in [0.5, 0.6) is 0 Å². The first-order chi connectivity index (χ1) is 16.9. The summed E-state index contributed by atoms with van der Waals surface area (Å²) < 4.78 is 1.30. The SMILES string of the molecule is CCC(CC)C(=O)/C=C(\O)C(CC)CC.Cc1cc2c(-c3[c-]cncc3)nc3ccccc3c2s1.[Ir]. The second-order valence-electron chi connectivity index (χ2n) is 8.73. The van der Waals surface area contributed by atoms with Crippen molar-refractivity contribution < 1.29 is 30.0 Å². The number of aromatic nitrogens is 2. The summed E-state index contributed by atoms with van der Waals surface area (Å²) in [6.45, 7) is 10.2. The molecule has 0 unspecified atom stereocenters. The van der Waals surface area contributed by atoms with Crippen LogP contribution in [0.2, 0.25) is 0 Å². The van der Waals surface area contributed by atoms with Crippen LogP contribution in [0.25, 0.3) is 32.2 Å². The summed E-state index contributed by atoms with van der Waals surface area (Å²) in [6.07, 6.45) is 8.38. The van der Waals surface area contributed by atoms with E-state index < -0.39 is 0 Å². The van der Waals surface area contributed by atoms with Gasteiger partial charge in [0.05, 0.1) is 11.3 Å². The molecule has 0 spiro atoms. The number of rotatable bonds is 8. The summed E-state index contributed by atoms with van der Waals surface area (Å²) in [5.74, 6) is 0.547. The maximum atomic E-state index is 11.7. The van der Waals surface area contributed by atoms with Crippen LogP contribution in [-0.2, 0) is 24.9 Å². The molecule has 3 heterocycles. The van der Waals surface area contributed by atoms with Crippen LogP contribution in [0.4, 0.5) is 0 Å². The molecule has 3 aromatic heterocycles. The van der Waals surface area contributed by atoms with E-state index in [0.29, 0.717) is 0 Å². The van der Waals surface area contributed by atoms with Crippen LogP contribution >= 0.6 is 11.3 Å². The van der Waals surface area contributed by atoms with Gasteiger partial charge in [0.2, 0.25) is 0 Å². The van der Waals surface area contributed by atoms with Gasteiger partial charge in [0.25, 0.3) is 0 Å². The Labute approximate surface area is 232 Å². The second kappa shape index (κ2) is 14.4. The van der Waals surface area contributed by atoms with E-state index >= 15 is 0 Å². The number of carbonyl (C=O) groups excluding carboxylic acids is 1. The molecule has 0 aliphatic carbocycles. The average Bonchev–Trinajstić information content (AvgIpc) is 3.27. The van der Waals surface area contributed by atoms with Crippen molar-refractivity contribution in [2.45, 2.75) is 60.3 Å². The maximum Gasteiger partial charge on any atom is 0.162 e. The minimum absolute atomic E-state index is 0. The van der Waals surface area contributed by atoms with Gasteiger partial charge in [0, 0.05) is 53.0 Å². The molecule has 6 heteroatoms. The number of ketones is 1. The number of benzene rings is 1. The van der Waals surface area contributed by atoms with Crippen LogP contribution in [0.3, 0.4) is 0 Å². The van der Waals surface area contributed by atoms with Crippen molar-refractivity contribution in [3.8, 4) is 11.3 Å². The van der Waals surface area contributed by atoms with Gasteiger partial charge in [-0.15, -0.1) is 17.4 Å². The van der Waals surface area contributed by atoms with E-state index in [0.717, 1.165) is 42.5 Å². The predicted molar refractivity (Wildman–Crippen MR) is 148 cm³/mol. The molecular formula is C30H35IrN2O2S-. The van der Waals surface area contributed by atoms with Crippen molar-refractivity contribution >= 4 is 38.1 Å². The van der Waals surface area contributed by atoms with Crippen molar-refractivity contribution in [3.05, 3.63) is 71.6 Å². The second-order valence-corrected chi connectivity index (χ2v) is 9.98. The molecule has 4 nitrogen and oxygen atoms in total. The molecule has 0 amide bonds. The topological polar surface area (TPSA) is 63.1 Å². The fourth-order valence-electron chi connectivity index (χ4n) is 4.28. The number of aliphatic hydroxyl groups excluding tert-OH is 1. The summed E-state index contributed by atoms with van der Waals surface area (Å²) in [7, 11) is 0. The van der Waals surface area contributed by atoms with Gasteiger partial charge >= 0.3 is 0 Å². The number of aliphatic hydroxyl groups is 1. The molecule has 1 aromatic carbocycles. The third kappa shape index (κ3) is 7.09. The summed E-state index contributed by atoms with van der Waals surface area (Å²) in [5.41, 5.74) is 3.01. The molecule has 193 valence electrons. The van der Waals surface area contributed by atoms with E-state index in [9.17, 15) is 9.90 Å². The van der Waals surface area contributed by atoms with Crippen LogP contribution in [0, 0.1) is 24.8 Å². The van der Waals surface area contributed by atoms with Crippen LogP contribution in [0.15, 0.2) is 60.6 Å². The number of hydrogen-bond donors (Lipinski definition) is 1. The van der Waals surface area contributed by atoms with E-state index in [1.807, 2.05) is 51.2 Å². The third-order valence-corrected chi connectivity index (χ3v) is 7.53. The molecule has 0 fully saturated rings. The Kier molecular flexibility index (Phi) is 11.9. The predicted octanol–water partition coefficient (Wildman–Crippen LogP) is 8.49. The molecule has 36 heavy (non-hydrogen) atoms. The van der Waals surface area contributed by atoms with Crippen LogP contribution in [-0.4, -0.2) is 20.9 Å². The number of allylic oxidation sites excluding steroid dienone is 2. The van der Waals surface area contributed by atoms with Crippen LogP contribution < -0.4 is 0 Å². The number of pyridine rings is 2. The number of para-hydroxylation sites is 1. The Hall–Kier alpha value is -2.40. The van der Waals surface area contributed by atoms with E-state index in [-0.39, 0.29) is 43.5 Å². The number of carbonyl (C=O) groups is 1. The molecule has 0 atom stereocenters. The largest absolute Gasteiger partial charge is 0.512 e. The van der Waals surface area contributed by atoms with Crippen molar-refractivity contribution in [2.75, 3.05) is 0 Å². The third-order valence-electron chi connectivity index (χ3n) is 6.45. The van der Waals surface area contributed by atoms with Gasteiger partial charge in [-0.25, -0.2) is 0 Å². The molecule has 0 saturated carbocycles. The Morgan fingerprint density at radius 3 is 2.31 bits per heavy atom. The van der Waals surface area contributed by atoms with Gasteiger partial charge < -0.3 is 10.1 Å². The number of nitrogens with zero attached hydrogens (tertiary/aromatic N) is 2. The Morgan fingerprint density at radius 1 is 1.03 bits per heavy atom. The Balaban J connectivity index is 0.000000260. The molecule has 1 N–H and O–H groups in total. The first-order valence-corrected chi connectivity index (χ1v) is 13.3. The van der Waals surface area contributed by atoms with E-state index in [1.165, 1.54) is 26.4 Å². The summed E-state index contributed by atoms with van der Waals surface area (Å²) in [4.78, 5) is 21.9. The monoisotopic (exact) mass is 680 g/mol. The normalized spacial score (nSPS) is 11.5. The van der Waals surface area contributed by atoms with E-state index in [2.05, 4.69) is 42.2 Å². The first-order valence-electron chi connectivity index (χ1n) is 12.5. The van der Waals surface area contributed by atoms with Gasteiger partial charge in [-0.2, -0.15) is 11.6 Å². The minimum Gasteiger partial charge on any atom is -0.512 e. The molecule has 0 aliphatic rings. The first kappa shape index (κ1) is 29.8. The summed E-state index contributed by atoms with van der Waals surface area (Å²) >= 11 is 1.82. The molecule has 0 aliphatic heterocycles. The average molecular weight is 680 g/mol. The number of aryl methyl sites for hydroxylation is 1. The Bertz CT molecular complexity index is 1290.